The number of amides is 1. The molecule has 0 saturated carbocycles. The lowest BCUT2D eigenvalue weighted by molar-refractivity contribution is 0.0601. The van der Waals surface area contributed by atoms with Crippen LogP contribution >= 0.6 is 0 Å². The smallest absolute Gasteiger partial charge is 0.337 e. The van der Waals surface area contributed by atoms with E-state index in [2.05, 4.69) is 33.7 Å². The summed E-state index contributed by atoms with van der Waals surface area (Å²) >= 11 is 0. The third-order valence-electron chi connectivity index (χ3n) is 5.52. The molecule has 0 aliphatic carbocycles. The van der Waals surface area contributed by atoms with Crippen LogP contribution in [0.25, 0.3) is 33.2 Å². The molecule has 0 fully saturated rings. The molecule has 1 amide bonds. The SMILES string of the molecule is COC(=O)c1ccc2cc3n(c2c1)C(=O)NCc1c-3c2c(N)ncnc2n1C(C)C. The number of nitrogens with two attached hydrogens (primary N) is 1. The van der Waals surface area contributed by atoms with Gasteiger partial charge in [-0.15, -0.1) is 0 Å². The van der Waals surface area contributed by atoms with Gasteiger partial charge in [0.15, 0.2) is 0 Å². The molecule has 0 unspecified atom stereocenters. The molecule has 152 valence electrons. The first-order valence-corrected chi connectivity index (χ1v) is 9.58. The summed E-state index contributed by atoms with van der Waals surface area (Å²) in [6, 6.07) is 6.90. The highest BCUT2D eigenvalue weighted by molar-refractivity contribution is 6.08. The number of hydrogen-bond acceptors (Lipinski definition) is 6. The number of ether oxygens (including phenoxy) is 1. The van der Waals surface area contributed by atoms with Crippen molar-refractivity contribution < 1.29 is 14.3 Å². The maximum Gasteiger partial charge on any atom is 0.337 e. The van der Waals surface area contributed by atoms with Crippen LogP contribution in [-0.2, 0) is 11.3 Å². The molecular weight excluding hydrogens is 384 g/mol. The van der Waals surface area contributed by atoms with E-state index in [4.69, 9.17) is 10.5 Å². The van der Waals surface area contributed by atoms with Crippen LogP contribution in [0.15, 0.2) is 30.6 Å². The molecule has 1 aromatic carbocycles. The first-order chi connectivity index (χ1) is 14.4. The monoisotopic (exact) mass is 404 g/mol. The largest absolute Gasteiger partial charge is 0.465 e. The lowest BCUT2D eigenvalue weighted by Crippen LogP contribution is -2.27. The van der Waals surface area contributed by atoms with Gasteiger partial charge < -0.3 is 20.4 Å². The Balaban J connectivity index is 1.92. The van der Waals surface area contributed by atoms with E-state index < -0.39 is 5.97 Å². The van der Waals surface area contributed by atoms with Gasteiger partial charge in [0.2, 0.25) is 0 Å². The molecule has 1 aliphatic heterocycles. The van der Waals surface area contributed by atoms with Crippen molar-refractivity contribution >= 4 is 39.8 Å². The number of methoxy groups -OCH3 is 1. The summed E-state index contributed by atoms with van der Waals surface area (Å²) in [6.45, 7) is 4.44. The summed E-state index contributed by atoms with van der Waals surface area (Å²) in [4.78, 5) is 33.8. The van der Waals surface area contributed by atoms with Crippen molar-refractivity contribution in [1.82, 2.24) is 24.4 Å². The number of carbonyl (C=O) groups excluding carboxylic acids is 2. The maximum absolute atomic E-state index is 13.1. The lowest BCUT2D eigenvalue weighted by atomic mass is 10.1. The summed E-state index contributed by atoms with van der Waals surface area (Å²) in [7, 11) is 1.33. The Morgan fingerprint density at radius 3 is 2.80 bits per heavy atom. The molecule has 3 N–H and O–H groups in total. The topological polar surface area (TPSA) is 117 Å². The van der Waals surface area contributed by atoms with Crippen molar-refractivity contribution in [2.45, 2.75) is 26.4 Å². The Bertz CT molecular complexity index is 1360. The van der Waals surface area contributed by atoms with E-state index in [1.54, 1.807) is 22.8 Å². The van der Waals surface area contributed by atoms with Gasteiger partial charge in [-0.1, -0.05) is 6.07 Å². The lowest BCUT2D eigenvalue weighted by Gasteiger charge is -2.14. The van der Waals surface area contributed by atoms with Crippen LogP contribution in [0, 0.1) is 0 Å². The number of nitrogen functional groups attached to an aromatic ring is 1. The van der Waals surface area contributed by atoms with Crippen molar-refractivity contribution in [2.75, 3.05) is 12.8 Å². The van der Waals surface area contributed by atoms with E-state index in [0.717, 1.165) is 27.7 Å². The normalized spacial score (nSPS) is 13.3. The molecule has 1 aliphatic rings. The van der Waals surface area contributed by atoms with Gasteiger partial charge in [0.1, 0.15) is 17.8 Å². The number of benzene rings is 1. The highest BCUT2D eigenvalue weighted by Gasteiger charge is 2.30. The predicted octanol–water partition coefficient (Wildman–Crippen LogP) is 3.07. The summed E-state index contributed by atoms with van der Waals surface area (Å²) in [5.74, 6) is -0.103. The van der Waals surface area contributed by atoms with E-state index in [9.17, 15) is 9.59 Å². The molecule has 9 heteroatoms. The minimum Gasteiger partial charge on any atom is -0.465 e. The Morgan fingerprint density at radius 1 is 1.27 bits per heavy atom. The minimum atomic E-state index is -0.462. The Kier molecular flexibility index (Phi) is 3.82. The molecule has 0 saturated heterocycles. The number of nitrogens with zero attached hydrogens (tertiary/aromatic N) is 4. The van der Waals surface area contributed by atoms with Gasteiger partial charge in [-0.25, -0.2) is 19.6 Å². The molecule has 4 heterocycles. The third kappa shape index (κ3) is 2.35. The van der Waals surface area contributed by atoms with E-state index in [1.807, 2.05) is 6.07 Å². The van der Waals surface area contributed by atoms with Gasteiger partial charge >= 0.3 is 12.0 Å². The summed E-state index contributed by atoms with van der Waals surface area (Å²) in [5.41, 5.74) is 10.4. The third-order valence-corrected chi connectivity index (χ3v) is 5.52. The van der Waals surface area contributed by atoms with Crippen molar-refractivity contribution in [3.8, 4) is 11.3 Å². The molecule has 0 radical (unpaired) electrons. The molecular formula is C21H20N6O3. The molecule has 0 bridgehead atoms. The van der Waals surface area contributed by atoms with Crippen molar-refractivity contribution in [1.29, 1.82) is 0 Å². The van der Waals surface area contributed by atoms with Crippen LogP contribution in [-0.4, -0.2) is 38.2 Å². The van der Waals surface area contributed by atoms with Gasteiger partial charge in [0.05, 0.1) is 35.8 Å². The summed E-state index contributed by atoms with van der Waals surface area (Å²) in [6.07, 6.45) is 1.45. The maximum atomic E-state index is 13.1. The molecule has 4 aromatic rings. The second kappa shape index (κ2) is 6.31. The molecule has 30 heavy (non-hydrogen) atoms. The summed E-state index contributed by atoms with van der Waals surface area (Å²) in [5, 5.41) is 4.51. The van der Waals surface area contributed by atoms with Crippen LogP contribution in [0.1, 0.15) is 35.9 Å². The fourth-order valence-electron chi connectivity index (χ4n) is 4.30. The number of aromatic nitrogens is 4. The van der Waals surface area contributed by atoms with Gasteiger partial charge in [0, 0.05) is 22.7 Å². The number of anilines is 1. The van der Waals surface area contributed by atoms with Crippen molar-refractivity contribution in [3.05, 3.63) is 41.9 Å². The van der Waals surface area contributed by atoms with Crippen molar-refractivity contribution in [3.63, 3.8) is 0 Å². The predicted molar refractivity (Wildman–Crippen MR) is 112 cm³/mol. The zero-order chi connectivity index (χ0) is 21.2. The van der Waals surface area contributed by atoms with Crippen LogP contribution in [0.5, 0.6) is 0 Å². The first kappa shape index (κ1) is 18.2. The molecule has 9 nitrogen and oxygen atoms in total. The van der Waals surface area contributed by atoms with Crippen LogP contribution in [0.4, 0.5) is 10.6 Å². The van der Waals surface area contributed by atoms with Crippen LogP contribution in [0.2, 0.25) is 0 Å². The highest BCUT2D eigenvalue weighted by Crippen LogP contribution is 2.41. The first-order valence-electron chi connectivity index (χ1n) is 9.58. The fraction of sp³-hybridized carbons (Fsp3) is 0.238. The van der Waals surface area contributed by atoms with Crippen molar-refractivity contribution in [2.24, 2.45) is 0 Å². The van der Waals surface area contributed by atoms with Crippen LogP contribution < -0.4 is 11.1 Å². The van der Waals surface area contributed by atoms with E-state index in [1.165, 1.54) is 13.4 Å². The number of hydrogen-bond donors (Lipinski definition) is 2. The number of esters is 1. The molecule has 0 spiro atoms. The molecule has 5 rings (SSSR count). The highest BCUT2D eigenvalue weighted by atomic mass is 16.5. The van der Waals surface area contributed by atoms with Gasteiger partial charge in [-0.3, -0.25) is 4.57 Å². The Hall–Kier alpha value is -3.88. The van der Waals surface area contributed by atoms with Gasteiger partial charge in [-0.2, -0.15) is 0 Å². The second-order valence-corrected chi connectivity index (χ2v) is 7.53. The van der Waals surface area contributed by atoms with E-state index >= 15 is 0 Å². The zero-order valence-corrected chi connectivity index (χ0v) is 16.8. The molecule has 3 aromatic heterocycles. The number of fused-ring (bicyclic) bond motifs is 7. The fourth-order valence-corrected chi connectivity index (χ4v) is 4.30. The standard InChI is InChI=1S/C21H20N6O3/c1-10(2)26-15-8-23-21(29)27-13-7-12(20(28)30-3)5-4-11(13)6-14(27)16(15)17-18(22)24-9-25-19(17)26/h4-7,9-10H,8H2,1-3H3,(H,23,29)(H2,22,24,25). The average Bonchev–Trinajstić information content (AvgIpc) is 3.23. The molecule has 0 atom stereocenters. The van der Waals surface area contributed by atoms with Crippen LogP contribution in [0.3, 0.4) is 0 Å². The zero-order valence-electron chi connectivity index (χ0n) is 16.8. The van der Waals surface area contributed by atoms with Gasteiger partial charge in [-0.05, 0) is 32.0 Å². The number of carbonyl (C=O) groups is 2. The van der Waals surface area contributed by atoms with E-state index in [-0.39, 0.29) is 12.1 Å². The number of rotatable bonds is 2. The average molecular weight is 404 g/mol. The van der Waals surface area contributed by atoms with E-state index in [0.29, 0.717) is 29.1 Å². The Morgan fingerprint density at radius 2 is 2.07 bits per heavy atom. The number of nitrogens with one attached hydrogen (secondary N) is 1. The second-order valence-electron chi connectivity index (χ2n) is 7.53. The van der Waals surface area contributed by atoms with Gasteiger partial charge in [0.25, 0.3) is 0 Å². The Labute approximate surface area is 171 Å². The minimum absolute atomic E-state index is 0.101. The summed E-state index contributed by atoms with van der Waals surface area (Å²) < 4.78 is 8.48. The quantitative estimate of drug-likeness (QED) is 0.496.